The second kappa shape index (κ2) is 3.98. The normalized spacial score (nSPS) is 13.3. The number of amides is 1. The van der Waals surface area contributed by atoms with Crippen molar-refractivity contribution < 1.29 is 4.79 Å². The largest absolute Gasteiger partial charge is 0.325 e. The first-order valence-electron chi connectivity index (χ1n) is 6.14. The number of rotatable bonds is 1. The second-order valence-electron chi connectivity index (χ2n) is 4.87. The number of nitrogens with one attached hydrogen (secondary N) is 1. The van der Waals surface area contributed by atoms with E-state index in [2.05, 4.69) is 36.5 Å². The van der Waals surface area contributed by atoms with Crippen molar-refractivity contribution in [1.82, 2.24) is 0 Å². The lowest BCUT2D eigenvalue weighted by atomic mass is 9.96. The van der Waals surface area contributed by atoms with E-state index in [1.807, 2.05) is 19.1 Å². The Hall–Kier alpha value is -2.09. The molecule has 2 heteroatoms. The molecule has 0 aromatic heterocycles. The molecular formula is C16H15NO. The molecule has 90 valence electrons. The minimum absolute atomic E-state index is 0.0926. The van der Waals surface area contributed by atoms with Crippen LogP contribution >= 0.6 is 0 Å². The number of hydrogen-bond acceptors (Lipinski definition) is 1. The van der Waals surface area contributed by atoms with E-state index in [4.69, 9.17) is 0 Å². The first-order valence-corrected chi connectivity index (χ1v) is 6.14. The fourth-order valence-corrected chi connectivity index (χ4v) is 2.59. The molecule has 0 radical (unpaired) electrons. The highest BCUT2D eigenvalue weighted by molar-refractivity contribution is 6.00. The predicted octanol–water partition coefficient (Wildman–Crippen LogP) is 3.47. The molecule has 1 aliphatic rings. The Morgan fingerprint density at radius 1 is 1.06 bits per heavy atom. The Bertz CT molecular complexity index is 644. The van der Waals surface area contributed by atoms with E-state index >= 15 is 0 Å². The second-order valence-corrected chi connectivity index (χ2v) is 4.87. The molecule has 1 heterocycles. The number of carbonyl (C=O) groups is 1. The third-order valence-corrected chi connectivity index (χ3v) is 3.49. The minimum Gasteiger partial charge on any atom is -0.325 e. The Balaban J connectivity index is 2.16. The van der Waals surface area contributed by atoms with E-state index < -0.39 is 0 Å². The Kier molecular flexibility index (Phi) is 2.44. The Labute approximate surface area is 107 Å². The van der Waals surface area contributed by atoms with Gasteiger partial charge < -0.3 is 5.32 Å². The molecule has 1 amide bonds. The molecule has 0 fully saturated rings. The topological polar surface area (TPSA) is 29.1 Å². The van der Waals surface area contributed by atoms with Crippen LogP contribution in [0.5, 0.6) is 0 Å². The van der Waals surface area contributed by atoms with Gasteiger partial charge in [0.1, 0.15) is 0 Å². The van der Waals surface area contributed by atoms with Crippen LogP contribution in [0.2, 0.25) is 0 Å². The first-order chi connectivity index (χ1) is 8.65. The van der Waals surface area contributed by atoms with Crippen LogP contribution < -0.4 is 5.32 Å². The predicted molar refractivity (Wildman–Crippen MR) is 73.7 cm³/mol. The summed E-state index contributed by atoms with van der Waals surface area (Å²) in [6.45, 7) is 4.16. The summed E-state index contributed by atoms with van der Waals surface area (Å²) in [4.78, 5) is 11.5. The van der Waals surface area contributed by atoms with Crippen LogP contribution in [0.3, 0.4) is 0 Å². The van der Waals surface area contributed by atoms with Crippen LogP contribution in [-0.2, 0) is 11.2 Å². The van der Waals surface area contributed by atoms with Crippen LogP contribution in [0.25, 0.3) is 11.1 Å². The minimum atomic E-state index is 0.0926. The van der Waals surface area contributed by atoms with E-state index in [1.165, 1.54) is 16.7 Å². The van der Waals surface area contributed by atoms with E-state index in [0.717, 1.165) is 16.8 Å². The molecule has 2 aromatic rings. The van der Waals surface area contributed by atoms with Gasteiger partial charge in [0.25, 0.3) is 0 Å². The number of benzene rings is 2. The number of fused-ring (bicyclic) bond motifs is 1. The maximum atomic E-state index is 11.5. The number of aryl methyl sites for hydroxylation is 2. The van der Waals surface area contributed by atoms with Gasteiger partial charge in [-0.05, 0) is 53.8 Å². The Morgan fingerprint density at radius 3 is 2.61 bits per heavy atom. The zero-order valence-electron chi connectivity index (χ0n) is 10.6. The van der Waals surface area contributed by atoms with Gasteiger partial charge in [0.05, 0.1) is 6.42 Å². The molecule has 0 spiro atoms. The highest BCUT2D eigenvalue weighted by atomic mass is 16.1. The summed E-state index contributed by atoms with van der Waals surface area (Å²) in [7, 11) is 0. The average molecular weight is 237 g/mol. The lowest BCUT2D eigenvalue weighted by Crippen LogP contribution is -2.04. The summed E-state index contributed by atoms with van der Waals surface area (Å²) in [5.74, 6) is 0.0926. The molecule has 0 aliphatic carbocycles. The van der Waals surface area contributed by atoms with Gasteiger partial charge in [-0.25, -0.2) is 0 Å². The van der Waals surface area contributed by atoms with Gasteiger partial charge >= 0.3 is 0 Å². The van der Waals surface area contributed by atoms with E-state index in [0.29, 0.717) is 6.42 Å². The molecule has 0 atom stereocenters. The molecule has 2 nitrogen and oxygen atoms in total. The number of carbonyl (C=O) groups excluding carboxylic acids is 1. The number of anilines is 1. The zero-order chi connectivity index (χ0) is 12.7. The van der Waals surface area contributed by atoms with Crippen molar-refractivity contribution in [3.05, 3.63) is 53.1 Å². The quantitative estimate of drug-likeness (QED) is 0.808. The Morgan fingerprint density at radius 2 is 1.83 bits per heavy atom. The van der Waals surface area contributed by atoms with E-state index in [-0.39, 0.29) is 5.91 Å². The summed E-state index contributed by atoms with van der Waals surface area (Å²) in [6.07, 6.45) is 0.496. The van der Waals surface area contributed by atoms with Crippen molar-refractivity contribution in [2.24, 2.45) is 0 Å². The van der Waals surface area contributed by atoms with Crippen molar-refractivity contribution in [2.45, 2.75) is 20.3 Å². The van der Waals surface area contributed by atoms with Gasteiger partial charge in [0.2, 0.25) is 5.91 Å². The third-order valence-electron chi connectivity index (χ3n) is 3.49. The third kappa shape index (κ3) is 1.70. The SMILES string of the molecule is Cc1ccccc1-c1cc(C)c2c(c1)CC(=O)N2. The highest BCUT2D eigenvalue weighted by Crippen LogP contribution is 2.33. The van der Waals surface area contributed by atoms with Gasteiger partial charge in [-0.3, -0.25) is 4.79 Å². The standard InChI is InChI=1S/C16H15NO/c1-10-5-3-4-6-14(10)12-7-11(2)16-13(8-12)9-15(18)17-16/h3-8H,9H2,1-2H3,(H,17,18). The van der Waals surface area contributed by atoms with Crippen LogP contribution in [0.15, 0.2) is 36.4 Å². The monoisotopic (exact) mass is 237 g/mol. The van der Waals surface area contributed by atoms with Crippen molar-refractivity contribution in [3.63, 3.8) is 0 Å². The van der Waals surface area contributed by atoms with Crippen molar-refractivity contribution >= 4 is 11.6 Å². The molecule has 1 N–H and O–H groups in total. The van der Waals surface area contributed by atoms with Gasteiger partial charge in [0.15, 0.2) is 0 Å². The average Bonchev–Trinajstić information content (AvgIpc) is 2.71. The smallest absolute Gasteiger partial charge is 0.228 e. The molecule has 18 heavy (non-hydrogen) atoms. The fourth-order valence-electron chi connectivity index (χ4n) is 2.59. The lowest BCUT2D eigenvalue weighted by Gasteiger charge is -2.10. The molecule has 2 aromatic carbocycles. The van der Waals surface area contributed by atoms with Crippen LogP contribution in [0.1, 0.15) is 16.7 Å². The van der Waals surface area contributed by atoms with E-state index in [1.54, 1.807) is 0 Å². The van der Waals surface area contributed by atoms with Crippen molar-refractivity contribution in [1.29, 1.82) is 0 Å². The molecule has 1 aliphatic heterocycles. The van der Waals surface area contributed by atoms with E-state index in [9.17, 15) is 4.79 Å². The highest BCUT2D eigenvalue weighted by Gasteiger charge is 2.20. The zero-order valence-corrected chi connectivity index (χ0v) is 10.6. The fraction of sp³-hybridized carbons (Fsp3) is 0.188. The van der Waals surface area contributed by atoms with Crippen molar-refractivity contribution in [2.75, 3.05) is 5.32 Å². The molecule has 0 unspecified atom stereocenters. The van der Waals surface area contributed by atoms with Crippen LogP contribution in [-0.4, -0.2) is 5.91 Å². The summed E-state index contributed by atoms with van der Waals surface area (Å²) >= 11 is 0. The summed E-state index contributed by atoms with van der Waals surface area (Å²) < 4.78 is 0. The van der Waals surface area contributed by atoms with Crippen LogP contribution in [0.4, 0.5) is 5.69 Å². The number of hydrogen-bond donors (Lipinski definition) is 1. The van der Waals surface area contributed by atoms with Gasteiger partial charge in [-0.1, -0.05) is 24.3 Å². The maximum Gasteiger partial charge on any atom is 0.228 e. The lowest BCUT2D eigenvalue weighted by molar-refractivity contribution is -0.115. The molecule has 3 rings (SSSR count). The summed E-state index contributed by atoms with van der Waals surface area (Å²) in [6, 6.07) is 12.6. The molecular weight excluding hydrogens is 222 g/mol. The van der Waals surface area contributed by atoms with Gasteiger partial charge in [-0.2, -0.15) is 0 Å². The maximum absolute atomic E-state index is 11.5. The van der Waals surface area contributed by atoms with Gasteiger partial charge in [0, 0.05) is 5.69 Å². The van der Waals surface area contributed by atoms with Crippen LogP contribution in [0, 0.1) is 13.8 Å². The van der Waals surface area contributed by atoms with Crippen molar-refractivity contribution in [3.8, 4) is 11.1 Å². The first kappa shape index (κ1) is 11.0. The van der Waals surface area contributed by atoms with Gasteiger partial charge in [-0.15, -0.1) is 0 Å². The molecule has 0 saturated heterocycles. The molecule has 0 bridgehead atoms. The molecule has 0 saturated carbocycles. The summed E-state index contributed by atoms with van der Waals surface area (Å²) in [5.41, 5.74) is 6.94. The summed E-state index contributed by atoms with van der Waals surface area (Å²) in [5, 5.41) is 2.92.